The van der Waals surface area contributed by atoms with Crippen LogP contribution in [-0.4, -0.2) is 16.9 Å². The first-order chi connectivity index (χ1) is 26.0. The lowest BCUT2D eigenvalue weighted by molar-refractivity contribution is 0.663. The lowest BCUT2D eigenvalue weighted by Gasteiger charge is -2.25. The normalized spacial score (nSPS) is 13.4. The second kappa shape index (κ2) is 13.1. The molecule has 0 saturated heterocycles. The molecule has 0 saturated carbocycles. The predicted octanol–water partition coefficient (Wildman–Crippen LogP) is 12.6. The Labute approximate surface area is 310 Å². The van der Waals surface area contributed by atoms with Gasteiger partial charge in [0, 0.05) is 35.2 Å². The number of benzene rings is 7. The van der Waals surface area contributed by atoms with Gasteiger partial charge in [0.15, 0.2) is 0 Å². The van der Waals surface area contributed by atoms with Gasteiger partial charge in [-0.25, -0.2) is 0 Å². The summed E-state index contributed by atoms with van der Waals surface area (Å²) in [5, 5.41) is 13.8. The smallest absolute Gasteiger partial charge is 0.0723 e. The highest BCUT2D eigenvalue weighted by Crippen LogP contribution is 2.53. The summed E-state index contributed by atoms with van der Waals surface area (Å²) in [5.41, 5.74) is 13.8. The molecule has 1 N–H and O–H groups in total. The molecule has 3 heteroatoms. The van der Waals surface area contributed by atoms with Gasteiger partial charge in [-0.1, -0.05) is 153 Å². The number of hydrogen-bond acceptors (Lipinski definition) is 3. The summed E-state index contributed by atoms with van der Waals surface area (Å²) in [6.07, 6.45) is 7.46. The Bertz CT molecular complexity index is 2740. The molecule has 252 valence electrons. The zero-order valence-electron chi connectivity index (χ0n) is 29.7. The number of aromatic nitrogens is 1. The molecule has 0 fully saturated rings. The van der Waals surface area contributed by atoms with E-state index in [1.165, 1.54) is 49.5 Å². The highest BCUT2D eigenvalue weighted by molar-refractivity contribution is 6.12. The first-order valence-corrected chi connectivity index (χ1v) is 18.1. The number of allylic oxidation sites excluding steroid dienone is 1. The highest BCUT2D eigenvalue weighted by atomic mass is 14.7. The number of nitrogens with one attached hydrogen (secondary N) is 1. The highest BCUT2D eigenvalue weighted by Gasteiger charge is 2.38. The van der Waals surface area contributed by atoms with Crippen LogP contribution in [0, 0.1) is 5.41 Å². The monoisotopic (exact) mass is 679 g/mol. The third-order valence-corrected chi connectivity index (χ3v) is 10.7. The van der Waals surface area contributed by atoms with Crippen molar-refractivity contribution in [1.29, 1.82) is 5.41 Å². The maximum absolute atomic E-state index is 8.95. The van der Waals surface area contributed by atoms with Gasteiger partial charge in [-0.05, 0) is 95.9 Å². The molecule has 1 aliphatic carbocycles. The summed E-state index contributed by atoms with van der Waals surface area (Å²) < 4.78 is 0. The lowest BCUT2D eigenvalue weighted by atomic mass is 9.78. The summed E-state index contributed by atoms with van der Waals surface area (Å²) >= 11 is 0. The SMILES string of the molecule is CC1(C)c2cc3ccccc3cc2-c2cccc(-c3ccc(C=N/C(=C\C(=N)c4ccccc4)c4ccc(-c5cccnc5)cc4)c4ccccc34)c21. The second-order valence-electron chi connectivity index (χ2n) is 14.2. The lowest BCUT2D eigenvalue weighted by Crippen LogP contribution is -2.16. The minimum atomic E-state index is -0.165. The van der Waals surface area contributed by atoms with E-state index in [0.717, 1.165) is 38.9 Å². The van der Waals surface area contributed by atoms with Gasteiger partial charge in [-0.3, -0.25) is 9.98 Å². The Kier molecular flexibility index (Phi) is 7.97. The molecule has 53 heavy (non-hydrogen) atoms. The summed E-state index contributed by atoms with van der Waals surface area (Å²) in [6, 6.07) is 55.4. The van der Waals surface area contributed by atoms with Gasteiger partial charge in [0.25, 0.3) is 0 Å². The largest absolute Gasteiger partial charge is 0.300 e. The average molecular weight is 680 g/mol. The number of rotatable bonds is 7. The molecular weight excluding hydrogens is 643 g/mol. The quantitative estimate of drug-likeness (QED) is 0.167. The maximum atomic E-state index is 8.95. The fourth-order valence-corrected chi connectivity index (χ4v) is 8.00. The van der Waals surface area contributed by atoms with Crippen molar-refractivity contribution in [2.75, 3.05) is 0 Å². The molecule has 0 radical (unpaired) electrons. The second-order valence-corrected chi connectivity index (χ2v) is 14.2. The van der Waals surface area contributed by atoms with E-state index in [2.05, 4.69) is 140 Å². The molecular formula is C50H37N3. The molecule has 3 nitrogen and oxygen atoms in total. The molecule has 0 amide bonds. The van der Waals surface area contributed by atoms with Crippen molar-refractivity contribution in [3.8, 4) is 33.4 Å². The van der Waals surface area contributed by atoms with E-state index >= 15 is 0 Å². The Morgan fingerprint density at radius 3 is 2.04 bits per heavy atom. The van der Waals surface area contributed by atoms with Crippen LogP contribution in [0.1, 0.15) is 41.7 Å². The molecule has 7 aromatic carbocycles. The molecule has 0 bridgehead atoms. The third-order valence-electron chi connectivity index (χ3n) is 10.7. The topological polar surface area (TPSA) is 49.1 Å². The number of hydrogen-bond donors (Lipinski definition) is 1. The van der Waals surface area contributed by atoms with Crippen LogP contribution in [-0.2, 0) is 5.41 Å². The number of aliphatic imine (C=N–C) groups is 1. The molecule has 0 aliphatic heterocycles. The molecule has 0 spiro atoms. The van der Waals surface area contributed by atoms with Gasteiger partial charge in [-0.2, -0.15) is 0 Å². The Hall–Kier alpha value is -6.71. The minimum absolute atomic E-state index is 0.165. The van der Waals surface area contributed by atoms with E-state index < -0.39 is 0 Å². The first kappa shape index (κ1) is 32.2. The van der Waals surface area contributed by atoms with Gasteiger partial charge in [0.2, 0.25) is 0 Å². The van der Waals surface area contributed by atoms with Gasteiger partial charge >= 0.3 is 0 Å². The number of nitrogens with zero attached hydrogens (tertiary/aromatic N) is 2. The Balaban J connectivity index is 1.13. The van der Waals surface area contributed by atoms with Crippen LogP contribution >= 0.6 is 0 Å². The summed E-state index contributed by atoms with van der Waals surface area (Å²) in [6.45, 7) is 4.73. The molecule has 0 unspecified atom stereocenters. The standard InChI is InChI=1S/C50H37N3/c1-50(2)46-29-37-15-7-6-14-36(37)28-45(46)44-20-10-19-43(49(44)50)42-26-25-39(40-17-8-9-18-41(40)42)32-53-48(30-47(51)34-12-4-3-5-13-34)35-23-21-33(22-24-35)38-16-11-27-52-31-38/h3-32,51H,1-2H3/b48-30-,51-47?,53-32?. The predicted molar refractivity (Wildman–Crippen MR) is 223 cm³/mol. The maximum Gasteiger partial charge on any atom is 0.0723 e. The van der Waals surface area contributed by atoms with Gasteiger partial charge < -0.3 is 5.41 Å². The summed E-state index contributed by atoms with van der Waals surface area (Å²) in [5.74, 6) is 0. The van der Waals surface area contributed by atoms with Gasteiger partial charge in [-0.15, -0.1) is 0 Å². The summed E-state index contributed by atoms with van der Waals surface area (Å²) in [4.78, 5) is 9.39. The van der Waals surface area contributed by atoms with Crippen molar-refractivity contribution < 1.29 is 0 Å². The van der Waals surface area contributed by atoms with Crippen molar-refractivity contribution in [3.05, 3.63) is 204 Å². The first-order valence-electron chi connectivity index (χ1n) is 18.1. The van der Waals surface area contributed by atoms with Gasteiger partial charge in [0.05, 0.1) is 11.4 Å². The van der Waals surface area contributed by atoms with Crippen LogP contribution in [0.3, 0.4) is 0 Å². The average Bonchev–Trinajstić information content (AvgIpc) is 3.44. The van der Waals surface area contributed by atoms with E-state index in [1.54, 1.807) is 6.20 Å². The van der Waals surface area contributed by atoms with E-state index in [-0.39, 0.29) is 5.41 Å². The van der Waals surface area contributed by atoms with Gasteiger partial charge in [0.1, 0.15) is 0 Å². The molecule has 9 rings (SSSR count). The molecule has 8 aromatic rings. The van der Waals surface area contributed by atoms with E-state index in [0.29, 0.717) is 5.71 Å². The van der Waals surface area contributed by atoms with Crippen molar-refractivity contribution in [2.24, 2.45) is 4.99 Å². The van der Waals surface area contributed by atoms with Crippen LogP contribution in [0.25, 0.3) is 60.6 Å². The van der Waals surface area contributed by atoms with Crippen LogP contribution < -0.4 is 0 Å². The van der Waals surface area contributed by atoms with E-state index in [9.17, 15) is 0 Å². The van der Waals surface area contributed by atoms with Crippen LogP contribution in [0.2, 0.25) is 0 Å². The van der Waals surface area contributed by atoms with Crippen molar-refractivity contribution in [2.45, 2.75) is 19.3 Å². The minimum Gasteiger partial charge on any atom is -0.300 e. The van der Waals surface area contributed by atoms with Crippen LogP contribution in [0.5, 0.6) is 0 Å². The number of fused-ring (bicyclic) bond motifs is 5. The zero-order chi connectivity index (χ0) is 35.9. The van der Waals surface area contributed by atoms with E-state index in [1.807, 2.05) is 54.9 Å². The molecule has 1 aliphatic rings. The molecule has 1 aromatic heterocycles. The van der Waals surface area contributed by atoms with Crippen LogP contribution in [0.4, 0.5) is 0 Å². The molecule has 1 heterocycles. The fourth-order valence-electron chi connectivity index (χ4n) is 8.00. The number of pyridine rings is 1. The fraction of sp³-hybridized carbons (Fsp3) is 0.0600. The van der Waals surface area contributed by atoms with E-state index in [4.69, 9.17) is 10.4 Å². The Morgan fingerprint density at radius 1 is 0.585 bits per heavy atom. The van der Waals surface area contributed by atoms with Crippen molar-refractivity contribution in [3.63, 3.8) is 0 Å². The Morgan fingerprint density at radius 2 is 1.28 bits per heavy atom. The van der Waals surface area contributed by atoms with Crippen molar-refractivity contribution in [1.82, 2.24) is 4.98 Å². The van der Waals surface area contributed by atoms with Crippen molar-refractivity contribution >= 4 is 39.2 Å². The third kappa shape index (κ3) is 5.77. The zero-order valence-corrected chi connectivity index (χ0v) is 29.7. The molecule has 0 atom stereocenters. The summed E-state index contributed by atoms with van der Waals surface area (Å²) in [7, 11) is 0. The van der Waals surface area contributed by atoms with Crippen LogP contribution in [0.15, 0.2) is 181 Å².